The number of nitrogens with two attached hydrogens (primary N) is 1. The summed E-state index contributed by atoms with van der Waals surface area (Å²) in [6, 6.07) is 0. The highest BCUT2D eigenvalue weighted by Crippen LogP contribution is 2.29. The number of amides is 1. The monoisotopic (exact) mass is 201 g/mol. The number of aliphatic hydroxyl groups is 1. The third-order valence-electron chi connectivity index (χ3n) is 2.97. The van der Waals surface area contributed by atoms with Crippen LogP contribution in [0.5, 0.6) is 0 Å². The van der Waals surface area contributed by atoms with Gasteiger partial charge in [-0.15, -0.1) is 0 Å². The average Bonchev–Trinajstić information content (AvgIpc) is 2.21. The van der Waals surface area contributed by atoms with Gasteiger partial charge in [0, 0.05) is 6.61 Å². The lowest BCUT2D eigenvalue weighted by Gasteiger charge is -2.37. The van der Waals surface area contributed by atoms with Crippen LogP contribution in [0.25, 0.3) is 0 Å². The van der Waals surface area contributed by atoms with E-state index in [1.54, 1.807) is 0 Å². The predicted molar refractivity (Wildman–Crippen MR) is 53.2 cm³/mol. The van der Waals surface area contributed by atoms with Gasteiger partial charge in [-0.1, -0.05) is 6.92 Å². The van der Waals surface area contributed by atoms with Crippen LogP contribution in [0.15, 0.2) is 0 Å². The SMILES string of the molecule is CC1(CO)CCN(CC(=O)NN)CC1. The second-order valence-corrected chi connectivity index (χ2v) is 4.31. The molecule has 0 spiro atoms. The van der Waals surface area contributed by atoms with Crippen molar-refractivity contribution >= 4 is 5.91 Å². The van der Waals surface area contributed by atoms with Gasteiger partial charge < -0.3 is 5.11 Å². The van der Waals surface area contributed by atoms with Crippen molar-refractivity contribution in [2.45, 2.75) is 19.8 Å². The van der Waals surface area contributed by atoms with Gasteiger partial charge in [0.15, 0.2) is 0 Å². The molecule has 82 valence electrons. The standard InChI is InChI=1S/C9H19N3O2/c1-9(7-13)2-4-12(5-3-9)6-8(14)11-10/h13H,2-7,10H2,1H3,(H,11,14). The van der Waals surface area contributed by atoms with Crippen molar-refractivity contribution in [1.29, 1.82) is 0 Å². The molecule has 0 bridgehead atoms. The summed E-state index contributed by atoms with van der Waals surface area (Å²) >= 11 is 0. The average molecular weight is 201 g/mol. The van der Waals surface area contributed by atoms with Gasteiger partial charge >= 0.3 is 0 Å². The number of carbonyl (C=O) groups excluding carboxylic acids is 1. The smallest absolute Gasteiger partial charge is 0.248 e. The van der Waals surface area contributed by atoms with Crippen LogP contribution >= 0.6 is 0 Å². The van der Waals surface area contributed by atoms with Gasteiger partial charge in [0.05, 0.1) is 6.54 Å². The third kappa shape index (κ3) is 2.94. The summed E-state index contributed by atoms with van der Waals surface area (Å²) in [5.41, 5.74) is 2.15. The van der Waals surface area contributed by atoms with E-state index in [0.29, 0.717) is 6.54 Å². The quantitative estimate of drug-likeness (QED) is 0.313. The lowest BCUT2D eigenvalue weighted by atomic mass is 9.81. The third-order valence-corrected chi connectivity index (χ3v) is 2.97. The summed E-state index contributed by atoms with van der Waals surface area (Å²) in [4.78, 5) is 13.0. The number of likely N-dealkylation sites (tertiary alicyclic amines) is 1. The van der Waals surface area contributed by atoms with Crippen LogP contribution in [-0.4, -0.2) is 42.2 Å². The number of rotatable bonds is 3. The molecule has 5 nitrogen and oxygen atoms in total. The Labute approximate surface area is 84.2 Å². The second kappa shape index (κ2) is 4.72. The minimum absolute atomic E-state index is 0.0374. The number of nitrogens with zero attached hydrogens (tertiary/aromatic N) is 1. The van der Waals surface area contributed by atoms with E-state index in [1.807, 2.05) is 0 Å². The van der Waals surface area contributed by atoms with Crippen molar-refractivity contribution in [3.05, 3.63) is 0 Å². The Morgan fingerprint density at radius 1 is 1.57 bits per heavy atom. The Hall–Kier alpha value is -0.650. The molecule has 0 aromatic carbocycles. The van der Waals surface area contributed by atoms with Crippen LogP contribution in [0.2, 0.25) is 0 Å². The number of hydrogen-bond acceptors (Lipinski definition) is 4. The first kappa shape index (κ1) is 11.4. The molecule has 0 unspecified atom stereocenters. The molecule has 1 amide bonds. The van der Waals surface area contributed by atoms with Crippen molar-refractivity contribution < 1.29 is 9.90 Å². The maximum absolute atomic E-state index is 11.0. The van der Waals surface area contributed by atoms with Crippen molar-refractivity contribution in [3.63, 3.8) is 0 Å². The van der Waals surface area contributed by atoms with E-state index < -0.39 is 0 Å². The Morgan fingerprint density at radius 2 is 2.14 bits per heavy atom. The first-order valence-electron chi connectivity index (χ1n) is 4.92. The van der Waals surface area contributed by atoms with Crippen LogP contribution in [0.4, 0.5) is 0 Å². The van der Waals surface area contributed by atoms with E-state index in [1.165, 1.54) is 0 Å². The molecule has 0 radical (unpaired) electrons. The first-order valence-corrected chi connectivity index (χ1v) is 4.92. The summed E-state index contributed by atoms with van der Waals surface area (Å²) in [7, 11) is 0. The molecule has 0 aliphatic carbocycles. The molecule has 1 aliphatic rings. The zero-order valence-electron chi connectivity index (χ0n) is 8.62. The molecule has 14 heavy (non-hydrogen) atoms. The molecule has 0 aromatic rings. The van der Waals surface area contributed by atoms with Crippen LogP contribution in [0, 0.1) is 5.41 Å². The summed E-state index contributed by atoms with van der Waals surface area (Å²) in [6.07, 6.45) is 1.86. The minimum Gasteiger partial charge on any atom is -0.396 e. The fraction of sp³-hybridized carbons (Fsp3) is 0.889. The normalized spacial score (nSPS) is 21.9. The van der Waals surface area contributed by atoms with E-state index in [4.69, 9.17) is 10.9 Å². The molecule has 4 N–H and O–H groups in total. The van der Waals surface area contributed by atoms with Gasteiger partial charge in [0.2, 0.25) is 5.91 Å². The maximum atomic E-state index is 11.0. The molecule has 1 fully saturated rings. The van der Waals surface area contributed by atoms with Crippen LogP contribution in [-0.2, 0) is 4.79 Å². The Balaban J connectivity index is 2.32. The molecule has 0 aromatic heterocycles. The molecule has 1 rings (SSSR count). The number of hydrogen-bond donors (Lipinski definition) is 3. The van der Waals surface area contributed by atoms with Gasteiger partial charge in [0.1, 0.15) is 0 Å². The van der Waals surface area contributed by atoms with Crippen LogP contribution in [0.1, 0.15) is 19.8 Å². The summed E-state index contributed by atoms with van der Waals surface area (Å²) < 4.78 is 0. The fourth-order valence-corrected chi connectivity index (χ4v) is 1.66. The molecular formula is C9H19N3O2. The number of aliphatic hydroxyl groups excluding tert-OH is 1. The molecule has 1 aliphatic heterocycles. The Morgan fingerprint density at radius 3 is 2.57 bits per heavy atom. The molecule has 5 heteroatoms. The van der Waals surface area contributed by atoms with E-state index in [0.717, 1.165) is 25.9 Å². The van der Waals surface area contributed by atoms with Gasteiger partial charge in [0.25, 0.3) is 0 Å². The predicted octanol–water partition coefficient (Wildman–Crippen LogP) is -0.929. The number of nitrogens with one attached hydrogen (secondary N) is 1. The van der Waals surface area contributed by atoms with E-state index in [-0.39, 0.29) is 17.9 Å². The van der Waals surface area contributed by atoms with Crippen molar-refractivity contribution in [2.24, 2.45) is 11.3 Å². The van der Waals surface area contributed by atoms with E-state index in [2.05, 4.69) is 17.2 Å². The molecule has 0 saturated carbocycles. The number of carbonyl (C=O) groups is 1. The topological polar surface area (TPSA) is 78.6 Å². The zero-order valence-corrected chi connectivity index (χ0v) is 8.62. The van der Waals surface area contributed by atoms with Gasteiger partial charge in [-0.05, 0) is 31.3 Å². The highest BCUT2D eigenvalue weighted by Gasteiger charge is 2.29. The summed E-state index contributed by atoms with van der Waals surface area (Å²) in [5.74, 6) is 4.85. The fourth-order valence-electron chi connectivity index (χ4n) is 1.66. The lowest BCUT2D eigenvalue weighted by Crippen LogP contribution is -2.46. The van der Waals surface area contributed by atoms with Crippen molar-refractivity contribution in [3.8, 4) is 0 Å². The first-order chi connectivity index (χ1) is 6.59. The van der Waals surface area contributed by atoms with Crippen LogP contribution in [0.3, 0.4) is 0 Å². The molecule has 1 saturated heterocycles. The van der Waals surface area contributed by atoms with Gasteiger partial charge in [-0.25, -0.2) is 5.84 Å². The molecular weight excluding hydrogens is 182 g/mol. The molecule has 1 heterocycles. The van der Waals surface area contributed by atoms with Crippen LogP contribution < -0.4 is 11.3 Å². The highest BCUT2D eigenvalue weighted by molar-refractivity contribution is 5.77. The number of piperidine rings is 1. The van der Waals surface area contributed by atoms with E-state index >= 15 is 0 Å². The summed E-state index contributed by atoms with van der Waals surface area (Å²) in [5, 5.41) is 9.15. The van der Waals surface area contributed by atoms with Crippen molar-refractivity contribution in [2.75, 3.05) is 26.2 Å². The van der Waals surface area contributed by atoms with E-state index in [9.17, 15) is 4.79 Å². The highest BCUT2D eigenvalue weighted by atomic mass is 16.3. The minimum atomic E-state index is -0.155. The van der Waals surface area contributed by atoms with Crippen molar-refractivity contribution in [1.82, 2.24) is 10.3 Å². The maximum Gasteiger partial charge on any atom is 0.248 e. The zero-order chi connectivity index (χ0) is 10.6. The van der Waals surface area contributed by atoms with Gasteiger partial charge in [-0.3, -0.25) is 15.1 Å². The summed E-state index contributed by atoms with van der Waals surface area (Å²) in [6.45, 7) is 4.37. The largest absolute Gasteiger partial charge is 0.396 e. The van der Waals surface area contributed by atoms with Gasteiger partial charge in [-0.2, -0.15) is 0 Å². The number of hydrazine groups is 1. The second-order valence-electron chi connectivity index (χ2n) is 4.31. The Bertz CT molecular complexity index is 200. The lowest BCUT2D eigenvalue weighted by molar-refractivity contribution is -0.123. The Kier molecular flexibility index (Phi) is 3.86. The molecule has 0 atom stereocenters.